The molecule has 0 aliphatic heterocycles. The van der Waals surface area contributed by atoms with E-state index in [0.29, 0.717) is 5.54 Å². The van der Waals surface area contributed by atoms with Crippen molar-refractivity contribution in [3.8, 4) is 28.0 Å². The Labute approximate surface area is 280 Å². The first-order valence-corrected chi connectivity index (χ1v) is 20.0. The lowest BCUT2D eigenvalue weighted by molar-refractivity contribution is 0.399. The van der Waals surface area contributed by atoms with Gasteiger partial charge in [0, 0.05) is 25.8 Å². The van der Waals surface area contributed by atoms with Crippen molar-refractivity contribution in [2.45, 2.75) is 99.2 Å². The number of hydrogen-bond acceptors (Lipinski definition) is 1. The minimum atomic E-state index is -0.925. The molecule has 2 heteroatoms. The van der Waals surface area contributed by atoms with Gasteiger partial charge in [0.05, 0.1) is 7.11 Å². The summed E-state index contributed by atoms with van der Waals surface area (Å²) in [6.45, 7) is 27.9. The van der Waals surface area contributed by atoms with Gasteiger partial charge in [-0.05, 0) is 116 Å². The fraction of sp³-hybridized carbons (Fsp3) is 0.364. The number of rotatable bonds is 5. The number of aryl methyl sites for hydroxylation is 5. The predicted molar refractivity (Wildman–Crippen MR) is 203 cm³/mol. The highest BCUT2D eigenvalue weighted by molar-refractivity contribution is 6.58. The number of fused-ring (bicyclic) bond motifs is 2. The van der Waals surface area contributed by atoms with Gasteiger partial charge in [0.15, 0.2) is 0 Å². The Kier molecular flexibility index (Phi) is 8.13. The predicted octanol–water partition coefficient (Wildman–Crippen LogP) is 11.9. The molecular formula is C44H52OSi. The second-order valence-corrected chi connectivity index (χ2v) is 18.9. The third-order valence-electron chi connectivity index (χ3n) is 10.3. The fourth-order valence-corrected chi connectivity index (χ4v) is 10.8. The summed E-state index contributed by atoms with van der Waals surface area (Å²) >= 11 is 0. The van der Waals surface area contributed by atoms with Gasteiger partial charge in [-0.1, -0.05) is 122 Å². The number of allylic oxidation sites excluding steroid dienone is 2. The largest absolute Gasteiger partial charge is 0.496 e. The van der Waals surface area contributed by atoms with Crippen molar-refractivity contribution in [2.75, 3.05) is 7.11 Å². The molecule has 0 aromatic heterocycles. The van der Waals surface area contributed by atoms with Gasteiger partial charge in [0.1, 0.15) is 5.75 Å². The maximum atomic E-state index is 6.34. The fourth-order valence-electron chi connectivity index (χ4n) is 8.71. The summed E-state index contributed by atoms with van der Waals surface area (Å²) in [5.41, 5.74) is 23.7. The van der Waals surface area contributed by atoms with E-state index >= 15 is 0 Å². The molecule has 0 radical (unpaired) electrons. The van der Waals surface area contributed by atoms with Gasteiger partial charge < -0.3 is 4.74 Å². The maximum absolute atomic E-state index is 6.34. The van der Waals surface area contributed by atoms with E-state index in [9.17, 15) is 0 Å². The van der Waals surface area contributed by atoms with Crippen molar-refractivity contribution < 1.29 is 4.74 Å². The van der Waals surface area contributed by atoms with Crippen molar-refractivity contribution in [2.24, 2.45) is 0 Å². The first kappa shape index (κ1) is 32.3. The van der Waals surface area contributed by atoms with Crippen LogP contribution in [0.4, 0.5) is 0 Å². The SMILES string of the molecule is COc1c(C(C)(C)C)cc2c(c1-c1cc(C)cc(C)c1)C=C(C)C2c1c(C)cc(C)cc1-c1cc(C)cc2c1C=C(C)C2[SiH](C)C. The van der Waals surface area contributed by atoms with Crippen molar-refractivity contribution in [3.05, 3.63) is 121 Å². The third-order valence-corrected chi connectivity index (χ3v) is 12.6. The van der Waals surface area contributed by atoms with Crippen LogP contribution in [0.2, 0.25) is 13.1 Å². The van der Waals surface area contributed by atoms with Crippen LogP contribution in [0, 0.1) is 34.6 Å². The van der Waals surface area contributed by atoms with E-state index in [-0.39, 0.29) is 11.3 Å². The molecule has 2 atom stereocenters. The summed E-state index contributed by atoms with van der Waals surface area (Å²) in [7, 11) is 0.918. The van der Waals surface area contributed by atoms with Crippen LogP contribution in [0.25, 0.3) is 34.4 Å². The minimum Gasteiger partial charge on any atom is -0.496 e. The second kappa shape index (κ2) is 11.6. The van der Waals surface area contributed by atoms with Gasteiger partial charge in [-0.25, -0.2) is 0 Å². The standard InChI is InChI=1S/C44H52OSi/c1-24-14-25(2)17-31(16-24)41-35-21-29(6)40(36(35)23-38(42(41)45-11)44(8,9)10)39-28(5)15-26(3)19-34(39)32-18-27(4)20-37-33(32)22-30(7)43(37)46(12)13/h14-23,40,43,46H,1-13H3. The molecule has 0 fully saturated rings. The van der Waals surface area contributed by atoms with Gasteiger partial charge in [0.25, 0.3) is 0 Å². The summed E-state index contributed by atoms with van der Waals surface area (Å²) in [5, 5.41) is 0. The van der Waals surface area contributed by atoms with Gasteiger partial charge in [-0.3, -0.25) is 0 Å². The molecule has 0 bridgehead atoms. The average Bonchev–Trinajstić information content (AvgIpc) is 3.45. The van der Waals surface area contributed by atoms with Crippen LogP contribution in [-0.2, 0) is 5.41 Å². The Hall–Kier alpha value is -3.62. The molecular weight excluding hydrogens is 573 g/mol. The summed E-state index contributed by atoms with van der Waals surface area (Å²) in [6, 6.07) is 19.2. The van der Waals surface area contributed by atoms with E-state index in [2.05, 4.69) is 143 Å². The quantitative estimate of drug-likeness (QED) is 0.201. The zero-order chi connectivity index (χ0) is 33.4. The molecule has 4 aromatic rings. The van der Waals surface area contributed by atoms with E-state index < -0.39 is 8.80 Å². The Morgan fingerprint density at radius 3 is 1.83 bits per heavy atom. The van der Waals surface area contributed by atoms with Gasteiger partial charge in [0.2, 0.25) is 0 Å². The molecule has 0 saturated heterocycles. The molecule has 4 aromatic carbocycles. The van der Waals surface area contributed by atoms with Gasteiger partial charge in [-0.2, -0.15) is 0 Å². The minimum absolute atomic E-state index is 0.0877. The zero-order valence-electron chi connectivity index (χ0n) is 30.4. The molecule has 0 saturated carbocycles. The lowest BCUT2D eigenvalue weighted by Crippen LogP contribution is -2.16. The molecule has 6 rings (SSSR count). The van der Waals surface area contributed by atoms with E-state index in [1.54, 1.807) is 5.56 Å². The number of ether oxygens (including phenoxy) is 1. The van der Waals surface area contributed by atoms with Gasteiger partial charge in [-0.15, -0.1) is 0 Å². The van der Waals surface area contributed by atoms with E-state index in [0.717, 1.165) is 5.75 Å². The number of hydrogen-bond donors (Lipinski definition) is 0. The monoisotopic (exact) mass is 624 g/mol. The molecule has 2 aliphatic rings. The number of methoxy groups -OCH3 is 1. The molecule has 0 spiro atoms. The molecule has 0 N–H and O–H groups in total. The summed E-state index contributed by atoms with van der Waals surface area (Å²) < 4.78 is 6.34. The molecule has 1 nitrogen and oxygen atoms in total. The van der Waals surface area contributed by atoms with Gasteiger partial charge >= 0.3 is 0 Å². The Bertz CT molecular complexity index is 1940. The topological polar surface area (TPSA) is 9.23 Å². The first-order chi connectivity index (χ1) is 21.6. The van der Waals surface area contributed by atoms with Crippen LogP contribution in [0.1, 0.15) is 107 Å². The Balaban J connectivity index is 1.68. The van der Waals surface area contributed by atoms with Crippen LogP contribution in [0.5, 0.6) is 5.75 Å². The van der Waals surface area contributed by atoms with E-state index in [4.69, 9.17) is 4.74 Å². The van der Waals surface area contributed by atoms with Crippen molar-refractivity contribution in [1.82, 2.24) is 0 Å². The molecule has 0 amide bonds. The highest BCUT2D eigenvalue weighted by Crippen LogP contribution is 2.54. The Morgan fingerprint density at radius 2 is 1.22 bits per heavy atom. The van der Waals surface area contributed by atoms with Crippen molar-refractivity contribution in [3.63, 3.8) is 0 Å². The molecule has 2 unspecified atom stereocenters. The lowest BCUT2D eigenvalue weighted by atomic mass is 9.76. The maximum Gasteiger partial charge on any atom is 0.131 e. The highest BCUT2D eigenvalue weighted by atomic mass is 28.3. The van der Waals surface area contributed by atoms with Crippen LogP contribution in [-0.4, -0.2) is 15.9 Å². The first-order valence-electron chi connectivity index (χ1n) is 17.1. The second-order valence-electron chi connectivity index (χ2n) is 15.8. The van der Waals surface area contributed by atoms with E-state index in [1.165, 1.54) is 89.0 Å². The molecule has 0 heterocycles. The van der Waals surface area contributed by atoms with E-state index in [1.807, 2.05) is 7.11 Å². The molecule has 46 heavy (non-hydrogen) atoms. The smallest absolute Gasteiger partial charge is 0.131 e. The summed E-state index contributed by atoms with van der Waals surface area (Å²) in [5.74, 6) is 1.17. The zero-order valence-corrected chi connectivity index (χ0v) is 31.6. The molecule has 2 aliphatic carbocycles. The van der Waals surface area contributed by atoms with Crippen LogP contribution in [0.3, 0.4) is 0 Å². The van der Waals surface area contributed by atoms with Crippen molar-refractivity contribution in [1.29, 1.82) is 0 Å². The normalized spacial score (nSPS) is 17.3. The average molecular weight is 625 g/mol. The Morgan fingerprint density at radius 1 is 0.630 bits per heavy atom. The highest BCUT2D eigenvalue weighted by Gasteiger charge is 2.36. The third kappa shape index (κ3) is 5.33. The lowest BCUT2D eigenvalue weighted by Gasteiger charge is -2.29. The number of benzene rings is 4. The summed E-state index contributed by atoms with van der Waals surface area (Å²) in [6.07, 6.45) is 4.96. The molecule has 238 valence electrons. The van der Waals surface area contributed by atoms with Crippen molar-refractivity contribution >= 4 is 20.9 Å². The van der Waals surface area contributed by atoms with Crippen LogP contribution >= 0.6 is 0 Å². The van der Waals surface area contributed by atoms with Crippen LogP contribution in [0.15, 0.2) is 59.7 Å². The van der Waals surface area contributed by atoms with Crippen LogP contribution < -0.4 is 4.74 Å². The summed E-state index contributed by atoms with van der Waals surface area (Å²) in [4.78, 5) is 0.